The maximum atomic E-state index is 12.2. The van der Waals surface area contributed by atoms with Gasteiger partial charge in [-0.05, 0) is 36.5 Å². The van der Waals surface area contributed by atoms with Gasteiger partial charge in [0.2, 0.25) is 5.91 Å². The normalized spacial score (nSPS) is 20.3. The second-order valence-electron chi connectivity index (χ2n) is 5.49. The van der Waals surface area contributed by atoms with Crippen molar-refractivity contribution < 1.29 is 13.2 Å². The van der Waals surface area contributed by atoms with Crippen LogP contribution in [0.3, 0.4) is 0 Å². The number of hydrogen-bond donors (Lipinski definition) is 2. The van der Waals surface area contributed by atoms with E-state index in [1.54, 1.807) is 24.3 Å². The first-order chi connectivity index (χ1) is 9.88. The fourth-order valence-corrected chi connectivity index (χ4v) is 3.77. The highest BCUT2D eigenvalue weighted by Crippen LogP contribution is 2.17. The molecule has 1 amide bonds. The lowest BCUT2D eigenvalue weighted by molar-refractivity contribution is 0.100. The molecule has 0 radical (unpaired) electrons. The molecule has 2 rings (SSSR count). The third kappa shape index (κ3) is 4.26. The Bertz CT molecular complexity index is 598. The number of primary amides is 1. The Morgan fingerprint density at radius 1 is 1.38 bits per heavy atom. The van der Waals surface area contributed by atoms with E-state index in [1.807, 2.05) is 0 Å². The minimum absolute atomic E-state index is 0.201. The first-order valence-corrected chi connectivity index (χ1v) is 8.46. The Kier molecular flexibility index (Phi) is 4.97. The van der Waals surface area contributed by atoms with Crippen molar-refractivity contribution in [3.05, 3.63) is 35.4 Å². The van der Waals surface area contributed by atoms with Gasteiger partial charge in [0, 0.05) is 25.2 Å². The standard InChI is InChI=1S/C14H21N3O3S/c1-11-3-2-8-17(10-11)21(19,20)16-9-12-4-6-13(7-5-12)14(15)18/h4-7,11,16H,2-3,8-10H2,1H3,(H2,15,18)/t11-/m0/s1. The summed E-state index contributed by atoms with van der Waals surface area (Å²) in [7, 11) is -3.45. The summed E-state index contributed by atoms with van der Waals surface area (Å²) >= 11 is 0. The monoisotopic (exact) mass is 311 g/mol. The number of carbonyl (C=O) groups excluding carboxylic acids is 1. The molecule has 1 atom stereocenters. The number of nitrogens with zero attached hydrogens (tertiary/aromatic N) is 1. The van der Waals surface area contributed by atoms with Crippen molar-refractivity contribution in [2.75, 3.05) is 13.1 Å². The second-order valence-corrected chi connectivity index (χ2v) is 7.25. The van der Waals surface area contributed by atoms with Crippen molar-refractivity contribution >= 4 is 16.1 Å². The van der Waals surface area contributed by atoms with Crippen molar-refractivity contribution in [3.63, 3.8) is 0 Å². The minimum atomic E-state index is -3.45. The molecule has 0 saturated carbocycles. The molecular weight excluding hydrogens is 290 g/mol. The molecule has 1 heterocycles. The first-order valence-electron chi connectivity index (χ1n) is 7.02. The molecule has 1 saturated heterocycles. The van der Waals surface area contributed by atoms with Crippen LogP contribution in [0.25, 0.3) is 0 Å². The van der Waals surface area contributed by atoms with E-state index in [4.69, 9.17) is 5.73 Å². The summed E-state index contributed by atoms with van der Waals surface area (Å²) < 4.78 is 28.5. The third-order valence-corrected chi connectivity index (χ3v) is 5.18. The van der Waals surface area contributed by atoms with E-state index in [9.17, 15) is 13.2 Å². The average molecular weight is 311 g/mol. The Morgan fingerprint density at radius 2 is 2.05 bits per heavy atom. The highest BCUT2D eigenvalue weighted by Gasteiger charge is 2.26. The molecule has 3 N–H and O–H groups in total. The maximum Gasteiger partial charge on any atom is 0.279 e. The number of hydrogen-bond acceptors (Lipinski definition) is 3. The van der Waals surface area contributed by atoms with Gasteiger partial charge in [-0.15, -0.1) is 0 Å². The number of nitrogens with one attached hydrogen (secondary N) is 1. The predicted octanol–water partition coefficient (Wildman–Crippen LogP) is 0.852. The summed E-state index contributed by atoms with van der Waals surface area (Å²) in [6, 6.07) is 6.58. The van der Waals surface area contributed by atoms with Gasteiger partial charge in [-0.2, -0.15) is 17.4 Å². The van der Waals surface area contributed by atoms with Crippen LogP contribution in [0.4, 0.5) is 0 Å². The summed E-state index contributed by atoms with van der Waals surface area (Å²) in [6.07, 6.45) is 1.97. The van der Waals surface area contributed by atoms with E-state index in [0.717, 1.165) is 18.4 Å². The van der Waals surface area contributed by atoms with Crippen LogP contribution in [0, 0.1) is 5.92 Å². The Balaban J connectivity index is 1.96. The van der Waals surface area contributed by atoms with Crippen LogP contribution in [0.2, 0.25) is 0 Å². The summed E-state index contributed by atoms with van der Waals surface area (Å²) in [5, 5.41) is 0. The van der Waals surface area contributed by atoms with E-state index >= 15 is 0 Å². The lowest BCUT2D eigenvalue weighted by Crippen LogP contribution is -2.45. The van der Waals surface area contributed by atoms with Gasteiger partial charge in [-0.1, -0.05) is 19.1 Å². The van der Waals surface area contributed by atoms with Gasteiger partial charge in [0.05, 0.1) is 0 Å². The van der Waals surface area contributed by atoms with Crippen molar-refractivity contribution in [2.45, 2.75) is 26.3 Å². The van der Waals surface area contributed by atoms with Crippen LogP contribution in [0.5, 0.6) is 0 Å². The number of benzene rings is 1. The molecule has 0 unspecified atom stereocenters. The van der Waals surface area contributed by atoms with Gasteiger partial charge in [-0.3, -0.25) is 4.79 Å². The summed E-state index contributed by atoms with van der Waals surface area (Å²) in [4.78, 5) is 11.0. The Labute approximate surface area is 125 Å². The fraction of sp³-hybridized carbons (Fsp3) is 0.500. The van der Waals surface area contributed by atoms with Crippen molar-refractivity contribution in [3.8, 4) is 0 Å². The van der Waals surface area contributed by atoms with Gasteiger partial charge in [0.25, 0.3) is 10.2 Å². The van der Waals surface area contributed by atoms with E-state index in [1.165, 1.54) is 4.31 Å². The molecule has 1 fully saturated rings. The number of amides is 1. The number of nitrogens with two attached hydrogens (primary N) is 1. The quantitative estimate of drug-likeness (QED) is 0.844. The van der Waals surface area contributed by atoms with Crippen LogP contribution in [0.1, 0.15) is 35.7 Å². The molecule has 116 valence electrons. The molecule has 1 aromatic carbocycles. The molecule has 0 spiro atoms. The molecule has 6 nitrogen and oxygen atoms in total. The highest BCUT2D eigenvalue weighted by atomic mass is 32.2. The minimum Gasteiger partial charge on any atom is -0.366 e. The average Bonchev–Trinajstić information content (AvgIpc) is 2.45. The fourth-order valence-electron chi connectivity index (χ4n) is 2.42. The summed E-state index contributed by atoms with van der Waals surface area (Å²) in [5.74, 6) is -0.102. The van der Waals surface area contributed by atoms with Crippen LogP contribution in [-0.4, -0.2) is 31.7 Å². The van der Waals surface area contributed by atoms with Gasteiger partial charge in [0.15, 0.2) is 0 Å². The lowest BCUT2D eigenvalue weighted by atomic mass is 10.0. The topological polar surface area (TPSA) is 92.5 Å². The van der Waals surface area contributed by atoms with Crippen molar-refractivity contribution in [1.29, 1.82) is 0 Å². The van der Waals surface area contributed by atoms with Gasteiger partial charge in [0.1, 0.15) is 0 Å². The largest absolute Gasteiger partial charge is 0.366 e. The Morgan fingerprint density at radius 3 is 2.62 bits per heavy atom. The summed E-state index contributed by atoms with van der Waals surface area (Å²) in [6.45, 7) is 3.40. The van der Waals surface area contributed by atoms with E-state index in [2.05, 4.69) is 11.6 Å². The highest BCUT2D eigenvalue weighted by molar-refractivity contribution is 7.87. The van der Waals surface area contributed by atoms with Crippen LogP contribution >= 0.6 is 0 Å². The lowest BCUT2D eigenvalue weighted by Gasteiger charge is -2.30. The first kappa shape index (κ1) is 15.9. The van der Waals surface area contributed by atoms with Gasteiger partial charge >= 0.3 is 0 Å². The Hall–Kier alpha value is -1.44. The SMILES string of the molecule is C[C@H]1CCCN(S(=O)(=O)NCc2ccc(C(N)=O)cc2)C1. The van der Waals surface area contributed by atoms with Crippen LogP contribution < -0.4 is 10.5 Å². The molecule has 1 aromatic rings. The zero-order valence-electron chi connectivity index (χ0n) is 12.1. The van der Waals surface area contributed by atoms with E-state index in [-0.39, 0.29) is 6.54 Å². The molecule has 0 bridgehead atoms. The molecule has 0 aliphatic carbocycles. The van der Waals surface area contributed by atoms with E-state index < -0.39 is 16.1 Å². The molecule has 7 heteroatoms. The number of rotatable bonds is 5. The van der Waals surface area contributed by atoms with Crippen molar-refractivity contribution in [2.24, 2.45) is 11.7 Å². The van der Waals surface area contributed by atoms with Crippen molar-refractivity contribution in [1.82, 2.24) is 9.03 Å². The van der Waals surface area contributed by atoms with Crippen LogP contribution in [-0.2, 0) is 16.8 Å². The molecule has 1 aliphatic heterocycles. The predicted molar refractivity (Wildman–Crippen MR) is 80.7 cm³/mol. The zero-order chi connectivity index (χ0) is 15.5. The van der Waals surface area contributed by atoms with Gasteiger partial charge < -0.3 is 5.73 Å². The zero-order valence-corrected chi connectivity index (χ0v) is 12.9. The third-order valence-electron chi connectivity index (χ3n) is 3.66. The smallest absolute Gasteiger partial charge is 0.279 e. The molecule has 21 heavy (non-hydrogen) atoms. The summed E-state index contributed by atoms with van der Waals surface area (Å²) in [5.41, 5.74) is 6.35. The van der Waals surface area contributed by atoms with E-state index in [0.29, 0.717) is 24.6 Å². The molecule has 0 aromatic heterocycles. The molecule has 1 aliphatic rings. The number of piperidine rings is 1. The second kappa shape index (κ2) is 6.55. The van der Waals surface area contributed by atoms with Gasteiger partial charge in [-0.25, -0.2) is 0 Å². The molecular formula is C14H21N3O3S. The number of carbonyl (C=O) groups is 1. The van der Waals surface area contributed by atoms with Crippen LogP contribution in [0.15, 0.2) is 24.3 Å². The maximum absolute atomic E-state index is 12.2.